The number of rotatable bonds is 3. The maximum atomic E-state index is 6.60. The van der Waals surface area contributed by atoms with Crippen molar-refractivity contribution in [1.29, 1.82) is 0 Å². The second-order valence-corrected chi connectivity index (χ2v) is 16.5. The molecule has 0 N–H and O–H groups in total. The quantitative estimate of drug-likeness (QED) is 0.189. The lowest BCUT2D eigenvalue weighted by Gasteiger charge is -2.31. The van der Waals surface area contributed by atoms with E-state index >= 15 is 0 Å². The molecule has 0 amide bonds. The average molecular weight is 650 g/mol. The molecular weight excluding hydrogens is 607 g/mol. The lowest BCUT2D eigenvalue weighted by atomic mass is 9.76. The second kappa shape index (κ2) is 10.2. The van der Waals surface area contributed by atoms with E-state index in [-0.39, 0.29) is 16.2 Å². The lowest BCUT2D eigenvalue weighted by Crippen LogP contribution is -2.21. The van der Waals surface area contributed by atoms with Gasteiger partial charge in [-0.25, -0.2) is 0 Å². The van der Waals surface area contributed by atoms with E-state index in [0.29, 0.717) is 0 Å². The minimum atomic E-state index is -0.0887. The van der Waals surface area contributed by atoms with E-state index in [1.807, 2.05) is 0 Å². The Morgan fingerprint density at radius 2 is 1.10 bits per heavy atom. The van der Waals surface area contributed by atoms with Crippen LogP contribution in [0.4, 0.5) is 17.1 Å². The van der Waals surface area contributed by atoms with E-state index in [9.17, 15) is 0 Å². The Morgan fingerprint density at radius 1 is 0.520 bits per heavy atom. The summed E-state index contributed by atoms with van der Waals surface area (Å²) in [5.74, 6) is 0. The topological polar surface area (TPSA) is 16.4 Å². The third-order valence-electron chi connectivity index (χ3n) is 12.4. The van der Waals surface area contributed by atoms with E-state index < -0.39 is 0 Å². The Morgan fingerprint density at radius 3 is 1.82 bits per heavy atom. The van der Waals surface area contributed by atoms with Gasteiger partial charge in [-0.1, -0.05) is 114 Å². The van der Waals surface area contributed by atoms with Gasteiger partial charge in [0.15, 0.2) is 0 Å². The Kier molecular flexibility index (Phi) is 6.10. The molecule has 6 aromatic carbocycles. The Hall–Kier alpha value is -5.08. The molecule has 3 aliphatic rings. The van der Waals surface area contributed by atoms with Crippen LogP contribution in [0.5, 0.6) is 0 Å². The SMILES string of the molecule is CC(C)(C)c1ccc2oc3cc(N(c4ccc5c(c4)C(C)(C)c4ccccc4-5)c4ccc5c(c4)C4(CCCC4)c4ccccc4-5)ccc3c2c1. The zero-order chi connectivity index (χ0) is 34.0. The summed E-state index contributed by atoms with van der Waals surface area (Å²) in [5, 5.41) is 2.34. The van der Waals surface area contributed by atoms with Crippen LogP contribution < -0.4 is 4.90 Å². The molecule has 1 fully saturated rings. The molecule has 10 rings (SSSR count). The third-order valence-corrected chi connectivity index (χ3v) is 12.4. The Balaban J connectivity index is 1.18. The van der Waals surface area contributed by atoms with Crippen molar-refractivity contribution in [3.63, 3.8) is 0 Å². The van der Waals surface area contributed by atoms with Crippen LogP contribution in [-0.2, 0) is 16.2 Å². The van der Waals surface area contributed by atoms with Crippen molar-refractivity contribution in [1.82, 2.24) is 0 Å². The van der Waals surface area contributed by atoms with Crippen molar-refractivity contribution < 1.29 is 4.42 Å². The van der Waals surface area contributed by atoms with Crippen molar-refractivity contribution in [2.75, 3.05) is 4.90 Å². The molecule has 1 heterocycles. The predicted molar refractivity (Wildman–Crippen MR) is 209 cm³/mol. The van der Waals surface area contributed by atoms with Gasteiger partial charge in [-0.2, -0.15) is 0 Å². The smallest absolute Gasteiger partial charge is 0.137 e. The van der Waals surface area contributed by atoms with E-state index in [2.05, 4.69) is 161 Å². The number of hydrogen-bond donors (Lipinski definition) is 0. The van der Waals surface area contributed by atoms with Gasteiger partial charge < -0.3 is 9.32 Å². The van der Waals surface area contributed by atoms with Gasteiger partial charge in [0.1, 0.15) is 11.2 Å². The van der Waals surface area contributed by atoms with Gasteiger partial charge in [0.2, 0.25) is 0 Å². The molecule has 0 atom stereocenters. The minimum Gasteiger partial charge on any atom is -0.456 e. The summed E-state index contributed by atoms with van der Waals surface area (Å²) in [6.45, 7) is 11.6. The first-order valence-electron chi connectivity index (χ1n) is 18.4. The van der Waals surface area contributed by atoms with Crippen LogP contribution in [0.25, 0.3) is 44.2 Å². The zero-order valence-electron chi connectivity index (χ0n) is 29.7. The molecule has 50 heavy (non-hydrogen) atoms. The highest BCUT2D eigenvalue weighted by Gasteiger charge is 2.45. The first-order chi connectivity index (χ1) is 24.1. The van der Waals surface area contributed by atoms with Gasteiger partial charge in [-0.15, -0.1) is 0 Å². The highest BCUT2D eigenvalue weighted by atomic mass is 16.3. The van der Waals surface area contributed by atoms with Crippen LogP contribution in [0.1, 0.15) is 88.1 Å². The number of anilines is 3. The summed E-state index contributed by atoms with van der Waals surface area (Å²) in [5.41, 5.74) is 18.0. The van der Waals surface area contributed by atoms with Crippen molar-refractivity contribution >= 4 is 39.0 Å². The van der Waals surface area contributed by atoms with Crippen molar-refractivity contribution in [3.8, 4) is 22.3 Å². The van der Waals surface area contributed by atoms with E-state index in [0.717, 1.165) is 22.2 Å². The first-order valence-corrected chi connectivity index (χ1v) is 18.4. The summed E-state index contributed by atoms with van der Waals surface area (Å²) in [4.78, 5) is 2.47. The van der Waals surface area contributed by atoms with E-state index in [1.165, 1.54) is 92.5 Å². The van der Waals surface area contributed by atoms with Crippen LogP contribution >= 0.6 is 0 Å². The van der Waals surface area contributed by atoms with Crippen LogP contribution in [0.15, 0.2) is 126 Å². The normalized spacial score (nSPS) is 16.5. The molecule has 3 aliphatic carbocycles. The molecule has 0 bridgehead atoms. The summed E-state index contributed by atoms with van der Waals surface area (Å²) in [7, 11) is 0. The van der Waals surface area contributed by atoms with Gasteiger partial charge in [0.25, 0.3) is 0 Å². The van der Waals surface area contributed by atoms with Gasteiger partial charge >= 0.3 is 0 Å². The highest BCUT2D eigenvalue weighted by Crippen LogP contribution is 2.58. The zero-order valence-corrected chi connectivity index (χ0v) is 29.7. The molecule has 0 radical (unpaired) electrons. The fourth-order valence-electron chi connectivity index (χ4n) is 9.75. The number of fused-ring (bicyclic) bond motifs is 11. The number of hydrogen-bond acceptors (Lipinski definition) is 2. The second-order valence-electron chi connectivity index (χ2n) is 16.5. The maximum absolute atomic E-state index is 6.60. The monoisotopic (exact) mass is 649 g/mol. The molecule has 0 aliphatic heterocycles. The fraction of sp³-hybridized carbons (Fsp3) is 0.250. The van der Waals surface area contributed by atoms with Gasteiger partial charge in [-0.05, 0) is 117 Å². The molecule has 246 valence electrons. The molecule has 1 spiro atoms. The Bertz CT molecular complexity index is 2520. The molecule has 1 aromatic heterocycles. The van der Waals surface area contributed by atoms with Crippen molar-refractivity contribution in [2.45, 2.75) is 76.5 Å². The van der Waals surface area contributed by atoms with Gasteiger partial charge in [0, 0.05) is 44.7 Å². The standard InChI is InChI=1S/C48H43NO/c1-46(2,3)30-16-23-44-39(26-30)38-22-19-33(29-45(38)50-44)49(31-17-20-36-34-12-6-8-14-40(34)47(4,5)42(36)27-31)32-18-21-37-35-13-7-9-15-41(35)48(43(37)28-32)24-10-11-25-48/h6-9,12-23,26-29H,10-11,24-25H2,1-5H3. The fourth-order valence-corrected chi connectivity index (χ4v) is 9.75. The van der Waals surface area contributed by atoms with Crippen LogP contribution in [0.2, 0.25) is 0 Å². The van der Waals surface area contributed by atoms with Crippen molar-refractivity contribution in [2.24, 2.45) is 0 Å². The summed E-state index contributed by atoms with van der Waals surface area (Å²) in [6, 6.07) is 45.9. The van der Waals surface area contributed by atoms with E-state index in [1.54, 1.807) is 0 Å². The summed E-state index contributed by atoms with van der Waals surface area (Å²) in [6.07, 6.45) is 4.99. The minimum absolute atomic E-state index is 0.0689. The number of furan rings is 1. The maximum Gasteiger partial charge on any atom is 0.137 e. The number of nitrogens with zero attached hydrogens (tertiary/aromatic N) is 1. The van der Waals surface area contributed by atoms with Crippen LogP contribution in [0.3, 0.4) is 0 Å². The molecule has 0 saturated heterocycles. The lowest BCUT2D eigenvalue weighted by molar-refractivity contribution is 0.550. The van der Waals surface area contributed by atoms with Crippen molar-refractivity contribution in [3.05, 3.63) is 149 Å². The van der Waals surface area contributed by atoms with E-state index in [4.69, 9.17) is 4.42 Å². The molecule has 2 nitrogen and oxygen atoms in total. The third kappa shape index (κ3) is 4.08. The predicted octanol–water partition coefficient (Wildman–Crippen LogP) is 13.5. The average Bonchev–Trinajstić information content (AvgIpc) is 3.87. The highest BCUT2D eigenvalue weighted by molar-refractivity contribution is 6.06. The summed E-state index contributed by atoms with van der Waals surface area (Å²) >= 11 is 0. The molecule has 7 aromatic rings. The molecule has 1 saturated carbocycles. The van der Waals surface area contributed by atoms with Crippen LogP contribution in [-0.4, -0.2) is 0 Å². The largest absolute Gasteiger partial charge is 0.456 e. The first kappa shape index (κ1) is 29.8. The molecular formula is C48H43NO. The summed E-state index contributed by atoms with van der Waals surface area (Å²) < 4.78 is 6.60. The van der Waals surface area contributed by atoms with Gasteiger partial charge in [-0.3, -0.25) is 0 Å². The van der Waals surface area contributed by atoms with Gasteiger partial charge in [0.05, 0.1) is 0 Å². The number of benzene rings is 6. The van der Waals surface area contributed by atoms with Crippen LogP contribution in [0, 0.1) is 0 Å². The Labute approximate surface area is 295 Å². The molecule has 2 heteroatoms. The molecule has 0 unspecified atom stereocenters.